The van der Waals surface area contributed by atoms with Gasteiger partial charge in [-0.3, -0.25) is 0 Å². The summed E-state index contributed by atoms with van der Waals surface area (Å²) in [7, 11) is -2.56. The number of sulfonamides is 1. The van der Waals surface area contributed by atoms with E-state index >= 15 is 0 Å². The van der Waals surface area contributed by atoms with Crippen LogP contribution in [0, 0.1) is 0 Å². The molecule has 1 aliphatic heterocycles. The number of hydrogen-bond donors (Lipinski definition) is 1. The number of amides is 1. The van der Waals surface area contributed by atoms with Crippen molar-refractivity contribution in [3.63, 3.8) is 0 Å². The molecule has 1 saturated heterocycles. The van der Waals surface area contributed by atoms with Crippen LogP contribution < -0.4 is 5.14 Å². The molecule has 0 saturated carbocycles. The summed E-state index contributed by atoms with van der Waals surface area (Å²) in [5, 5.41) is 5.92. The maximum atomic E-state index is 11.9. The third kappa shape index (κ3) is 4.55. The van der Waals surface area contributed by atoms with Crippen LogP contribution in [0.25, 0.3) is 16.9 Å². The summed E-state index contributed by atoms with van der Waals surface area (Å²) in [5.74, 6) is 0. The number of pyridine rings is 1. The quantitative estimate of drug-likeness (QED) is 0.590. The third-order valence-corrected chi connectivity index (χ3v) is 6.66. The van der Waals surface area contributed by atoms with Crippen molar-refractivity contribution in [1.82, 2.24) is 14.3 Å². The summed E-state index contributed by atoms with van der Waals surface area (Å²) in [6.07, 6.45) is 1.49. The Bertz CT molecular complexity index is 1290. The lowest BCUT2D eigenvalue weighted by atomic mass is 10.1. The molecule has 0 bridgehead atoms. The molecule has 1 atom stereocenters. The van der Waals surface area contributed by atoms with E-state index in [4.69, 9.17) is 37.8 Å². The first kappa shape index (κ1) is 22.8. The number of rotatable bonds is 4. The van der Waals surface area contributed by atoms with Gasteiger partial charge in [-0.1, -0.05) is 23.2 Å². The number of fused-ring (bicyclic) bond motifs is 1. The monoisotopic (exact) mass is 498 g/mol. The third-order valence-electron chi connectivity index (χ3n) is 5.20. The molecule has 3 aromatic rings. The zero-order valence-electron chi connectivity index (χ0n) is 17.0. The van der Waals surface area contributed by atoms with E-state index in [1.54, 1.807) is 29.3 Å². The van der Waals surface area contributed by atoms with Gasteiger partial charge in [0, 0.05) is 35.8 Å². The van der Waals surface area contributed by atoms with Gasteiger partial charge in [-0.15, -0.1) is 0 Å². The van der Waals surface area contributed by atoms with Crippen molar-refractivity contribution in [3.05, 3.63) is 52.3 Å². The minimum absolute atomic E-state index is 0.0936. The van der Waals surface area contributed by atoms with Crippen molar-refractivity contribution in [3.8, 4) is 11.3 Å². The van der Waals surface area contributed by atoms with Crippen molar-refractivity contribution < 1.29 is 22.7 Å². The van der Waals surface area contributed by atoms with E-state index in [1.807, 2.05) is 4.40 Å². The van der Waals surface area contributed by atoms with Crippen LogP contribution in [-0.4, -0.2) is 61.7 Å². The Morgan fingerprint density at radius 2 is 2.09 bits per heavy atom. The zero-order chi connectivity index (χ0) is 23.0. The number of hydrogen-bond acceptors (Lipinski definition) is 6. The average molecular weight is 499 g/mol. The largest absolute Gasteiger partial charge is 0.453 e. The minimum Gasteiger partial charge on any atom is -0.453 e. The van der Waals surface area contributed by atoms with Crippen molar-refractivity contribution in [2.75, 3.05) is 26.8 Å². The summed E-state index contributed by atoms with van der Waals surface area (Å²) in [5.41, 5.74) is 2.46. The van der Waals surface area contributed by atoms with Gasteiger partial charge in [0.15, 0.2) is 0 Å². The second-order valence-electron chi connectivity index (χ2n) is 7.28. The van der Waals surface area contributed by atoms with E-state index in [0.717, 1.165) is 5.69 Å². The fourth-order valence-electron chi connectivity index (χ4n) is 3.70. The Kier molecular flexibility index (Phi) is 6.33. The van der Waals surface area contributed by atoms with Gasteiger partial charge in [0.05, 0.1) is 47.7 Å². The summed E-state index contributed by atoms with van der Waals surface area (Å²) in [6.45, 7) is 1.17. The van der Waals surface area contributed by atoms with Gasteiger partial charge in [0.1, 0.15) is 5.65 Å². The first-order valence-corrected chi connectivity index (χ1v) is 11.9. The molecule has 170 valence electrons. The van der Waals surface area contributed by atoms with Gasteiger partial charge in [0.2, 0.25) is 10.0 Å². The Morgan fingerprint density at radius 3 is 2.78 bits per heavy atom. The smallest absolute Gasteiger partial charge is 0.409 e. The van der Waals surface area contributed by atoms with Crippen molar-refractivity contribution in [2.45, 2.75) is 17.4 Å². The number of benzene rings is 1. The molecule has 0 spiro atoms. The predicted octanol–water partition coefficient (Wildman–Crippen LogP) is 2.97. The van der Waals surface area contributed by atoms with Crippen LogP contribution in [0.4, 0.5) is 4.79 Å². The highest BCUT2D eigenvalue weighted by Crippen LogP contribution is 2.34. The molecule has 0 unspecified atom stereocenters. The minimum atomic E-state index is -3.90. The lowest BCUT2D eigenvalue weighted by molar-refractivity contribution is -0.0241. The van der Waals surface area contributed by atoms with Crippen molar-refractivity contribution in [1.29, 1.82) is 0 Å². The molecule has 3 heterocycles. The molecule has 1 amide bonds. The van der Waals surface area contributed by atoms with E-state index in [0.29, 0.717) is 48.0 Å². The second kappa shape index (κ2) is 8.87. The molecule has 1 fully saturated rings. The topological polar surface area (TPSA) is 116 Å². The lowest BCUT2D eigenvalue weighted by Crippen LogP contribution is -2.46. The highest BCUT2D eigenvalue weighted by atomic mass is 35.5. The van der Waals surface area contributed by atoms with Crippen LogP contribution in [0.1, 0.15) is 5.69 Å². The molecule has 12 heteroatoms. The van der Waals surface area contributed by atoms with Gasteiger partial charge in [-0.25, -0.2) is 23.3 Å². The van der Waals surface area contributed by atoms with Gasteiger partial charge < -0.3 is 18.8 Å². The molecule has 2 aromatic heterocycles. The molecule has 32 heavy (non-hydrogen) atoms. The van der Waals surface area contributed by atoms with Gasteiger partial charge in [0.25, 0.3) is 0 Å². The number of ether oxygens (including phenoxy) is 2. The van der Waals surface area contributed by atoms with E-state index in [9.17, 15) is 13.2 Å². The van der Waals surface area contributed by atoms with Crippen LogP contribution in [0.15, 0.2) is 41.4 Å². The number of carbonyl (C=O) groups excluding carboxylic acids is 1. The molecular weight excluding hydrogens is 479 g/mol. The highest BCUT2D eigenvalue weighted by molar-refractivity contribution is 7.89. The maximum Gasteiger partial charge on any atom is 0.409 e. The predicted molar refractivity (Wildman–Crippen MR) is 119 cm³/mol. The molecule has 0 aliphatic carbocycles. The van der Waals surface area contributed by atoms with Crippen LogP contribution in [-0.2, 0) is 25.9 Å². The van der Waals surface area contributed by atoms with E-state index in [-0.39, 0.29) is 16.0 Å². The zero-order valence-corrected chi connectivity index (χ0v) is 19.3. The fourth-order valence-corrected chi connectivity index (χ4v) is 4.73. The van der Waals surface area contributed by atoms with Crippen LogP contribution >= 0.6 is 23.2 Å². The molecule has 2 N–H and O–H groups in total. The standard InChI is InChI=1S/C20H20Cl2N4O5S/c1-30-20(27)25-6-7-31-13(11-25)9-17-19(24-18-8-12(21)4-5-26(17)18)15-3-2-14(10-16(15)22)32(23,28)29/h2-5,8,10,13H,6-7,9,11H2,1H3,(H2,23,28,29)/t13-/m0/s1. The number of carbonyl (C=O) groups is 1. The number of halogens is 2. The Hall–Kier alpha value is -2.37. The molecule has 1 aromatic carbocycles. The number of primary sulfonamides is 1. The summed E-state index contributed by atoms with van der Waals surface area (Å²) < 4.78 is 35.9. The molecule has 9 nitrogen and oxygen atoms in total. The molecule has 0 radical (unpaired) electrons. The molecule has 4 rings (SSSR count). The number of nitrogens with two attached hydrogens (primary N) is 1. The summed E-state index contributed by atoms with van der Waals surface area (Å²) in [6, 6.07) is 7.69. The first-order valence-electron chi connectivity index (χ1n) is 9.61. The fraction of sp³-hybridized carbons (Fsp3) is 0.300. The van der Waals surface area contributed by atoms with Gasteiger partial charge in [-0.05, 0) is 24.3 Å². The Balaban J connectivity index is 1.77. The second-order valence-corrected chi connectivity index (χ2v) is 9.68. The SMILES string of the molecule is COC(=O)N1CCO[C@@H](Cc2c(-c3ccc(S(N)(=O)=O)cc3Cl)nc3cc(Cl)ccn23)C1. The van der Waals surface area contributed by atoms with E-state index in [2.05, 4.69) is 4.98 Å². The highest BCUT2D eigenvalue weighted by Gasteiger charge is 2.28. The summed E-state index contributed by atoms with van der Waals surface area (Å²) in [4.78, 5) is 18.1. The van der Waals surface area contributed by atoms with Crippen LogP contribution in [0.5, 0.6) is 0 Å². The van der Waals surface area contributed by atoms with Crippen molar-refractivity contribution >= 4 is 45.0 Å². The average Bonchev–Trinajstić information content (AvgIpc) is 3.09. The summed E-state index contributed by atoms with van der Waals surface area (Å²) >= 11 is 12.6. The number of nitrogens with zero attached hydrogens (tertiary/aromatic N) is 3. The first-order chi connectivity index (χ1) is 15.2. The Labute approximate surface area is 194 Å². The molecular formula is C20H20Cl2N4O5S. The number of methoxy groups -OCH3 is 1. The number of imidazole rings is 1. The number of aromatic nitrogens is 2. The van der Waals surface area contributed by atoms with Gasteiger partial charge >= 0.3 is 6.09 Å². The lowest BCUT2D eigenvalue weighted by Gasteiger charge is -2.32. The van der Waals surface area contributed by atoms with E-state index in [1.165, 1.54) is 19.2 Å². The van der Waals surface area contributed by atoms with Gasteiger partial charge in [-0.2, -0.15) is 0 Å². The normalized spacial score (nSPS) is 17.0. The molecule has 1 aliphatic rings. The van der Waals surface area contributed by atoms with Crippen molar-refractivity contribution in [2.24, 2.45) is 5.14 Å². The maximum absolute atomic E-state index is 11.9. The van der Waals surface area contributed by atoms with Crippen LogP contribution in [0.2, 0.25) is 10.0 Å². The number of morpholine rings is 1. The Morgan fingerprint density at radius 1 is 1.31 bits per heavy atom. The van der Waals surface area contributed by atoms with E-state index < -0.39 is 16.1 Å². The van der Waals surface area contributed by atoms with Crippen LogP contribution in [0.3, 0.4) is 0 Å².